The second-order valence-electron chi connectivity index (χ2n) is 8.65. The van der Waals surface area contributed by atoms with Gasteiger partial charge in [-0.1, -0.05) is 43.9 Å². The number of nitrogens with one attached hydrogen (secondary N) is 2. The van der Waals surface area contributed by atoms with Crippen LogP contribution in [0, 0.1) is 11.3 Å². The Hall–Kier alpha value is -2.41. The molecule has 0 aliphatic heterocycles. The van der Waals surface area contributed by atoms with Gasteiger partial charge in [-0.3, -0.25) is 5.41 Å². The molecule has 2 aromatic heterocycles. The van der Waals surface area contributed by atoms with Gasteiger partial charge < -0.3 is 5.32 Å². The van der Waals surface area contributed by atoms with Crippen molar-refractivity contribution in [1.29, 1.82) is 5.41 Å². The fourth-order valence-electron chi connectivity index (χ4n) is 4.37. The topological polar surface area (TPSA) is 61.7 Å². The van der Waals surface area contributed by atoms with Gasteiger partial charge in [-0.25, -0.2) is 9.97 Å². The first kappa shape index (κ1) is 25.2. The molecule has 33 heavy (non-hydrogen) atoms. The van der Waals surface area contributed by atoms with E-state index in [-0.39, 0.29) is 16.4 Å². The fraction of sp³-hybridized carbons (Fsp3) is 0.480. The summed E-state index contributed by atoms with van der Waals surface area (Å²) in [4.78, 5) is 8.49. The van der Waals surface area contributed by atoms with Crippen LogP contribution in [0.4, 0.5) is 24.7 Å². The Morgan fingerprint density at radius 1 is 1.30 bits per heavy atom. The lowest BCUT2D eigenvalue weighted by Gasteiger charge is -2.18. The lowest BCUT2D eigenvalue weighted by molar-refractivity contribution is -0.0587. The fourth-order valence-corrected chi connectivity index (χ4v) is 4.53. The summed E-state index contributed by atoms with van der Waals surface area (Å²) in [6.07, 6.45) is 6.45. The summed E-state index contributed by atoms with van der Waals surface area (Å²) in [5, 5.41) is 10.6. The molecule has 0 amide bonds. The summed E-state index contributed by atoms with van der Waals surface area (Å²) in [6, 6.07) is 5.33. The minimum Gasteiger partial charge on any atom is -0.340 e. The summed E-state index contributed by atoms with van der Waals surface area (Å²) in [5.41, 5.74) is 0.300. The lowest BCUT2D eigenvalue weighted by Crippen LogP contribution is -2.24. The van der Waals surface area contributed by atoms with E-state index in [9.17, 15) is 13.2 Å². The smallest absolute Gasteiger partial charge is 0.340 e. The Morgan fingerprint density at radius 3 is 2.67 bits per heavy atom. The lowest BCUT2D eigenvalue weighted by atomic mass is 9.93. The van der Waals surface area contributed by atoms with Crippen molar-refractivity contribution in [3.63, 3.8) is 0 Å². The Bertz CT molecular complexity index is 984. The van der Waals surface area contributed by atoms with Crippen molar-refractivity contribution in [1.82, 2.24) is 9.97 Å². The molecule has 178 valence electrons. The van der Waals surface area contributed by atoms with Crippen LogP contribution in [-0.4, -0.2) is 21.9 Å². The zero-order valence-corrected chi connectivity index (χ0v) is 19.6. The second kappa shape index (κ2) is 11.1. The van der Waals surface area contributed by atoms with Gasteiger partial charge in [0.25, 0.3) is 0 Å². The largest absolute Gasteiger partial charge is 0.433 e. The molecule has 8 heteroatoms. The number of aromatic nitrogens is 2. The number of hydrogen-bond acceptors (Lipinski definition) is 4. The summed E-state index contributed by atoms with van der Waals surface area (Å²) < 4.78 is 39.7. The molecule has 0 bridgehead atoms. The van der Waals surface area contributed by atoms with Gasteiger partial charge in [0.2, 0.25) is 0 Å². The number of nitrogens with zero attached hydrogens (tertiary/aromatic N) is 2. The van der Waals surface area contributed by atoms with Crippen molar-refractivity contribution in [2.45, 2.75) is 70.4 Å². The Labute approximate surface area is 198 Å². The van der Waals surface area contributed by atoms with Crippen LogP contribution in [0.2, 0.25) is 5.15 Å². The SMILES string of the molecule is C=CCC(CC)CCc1cc(Nc2cc(Cl)ncc2C(=N)C(F)(F)F)nc(C2CCCC2)c1. The zero-order chi connectivity index (χ0) is 24.0. The summed E-state index contributed by atoms with van der Waals surface area (Å²) in [7, 11) is 0. The molecule has 1 aliphatic carbocycles. The molecule has 0 radical (unpaired) electrons. The van der Waals surface area contributed by atoms with E-state index < -0.39 is 11.9 Å². The van der Waals surface area contributed by atoms with Crippen molar-refractivity contribution >= 4 is 28.8 Å². The van der Waals surface area contributed by atoms with Gasteiger partial charge in [-0.15, -0.1) is 6.58 Å². The number of allylic oxidation sites excluding steroid dienone is 1. The summed E-state index contributed by atoms with van der Waals surface area (Å²) in [5.74, 6) is 1.36. The van der Waals surface area contributed by atoms with Gasteiger partial charge in [0.05, 0.1) is 5.69 Å². The summed E-state index contributed by atoms with van der Waals surface area (Å²) >= 11 is 5.97. The first-order valence-corrected chi connectivity index (χ1v) is 11.8. The molecule has 3 rings (SSSR count). The standard InChI is InChI=1S/C25H30ClF3N4/c1-3-7-16(4-2)10-11-17-12-20(18-8-5-6-9-18)32-23(13-17)33-21-14-22(26)31-15-19(21)24(30)25(27,28)29/h3,12-16,18,30H,1,4-11H2,2H3,(H,31,32,33). The Morgan fingerprint density at radius 2 is 2.03 bits per heavy atom. The van der Waals surface area contributed by atoms with Gasteiger partial charge in [0.15, 0.2) is 0 Å². The van der Waals surface area contributed by atoms with E-state index >= 15 is 0 Å². The van der Waals surface area contributed by atoms with Crippen molar-refractivity contribution in [2.24, 2.45) is 5.92 Å². The quantitative estimate of drug-likeness (QED) is 0.206. The van der Waals surface area contributed by atoms with Crippen LogP contribution in [0.3, 0.4) is 0 Å². The molecule has 1 saturated carbocycles. The number of rotatable bonds is 10. The molecule has 2 heterocycles. The molecule has 2 aromatic rings. The zero-order valence-electron chi connectivity index (χ0n) is 18.8. The van der Waals surface area contributed by atoms with E-state index in [0.29, 0.717) is 17.7 Å². The number of halogens is 4. The third-order valence-corrected chi connectivity index (χ3v) is 6.49. The molecule has 1 fully saturated rings. The maximum atomic E-state index is 13.2. The minimum atomic E-state index is -4.80. The van der Waals surface area contributed by atoms with Gasteiger partial charge in [-0.2, -0.15) is 13.2 Å². The van der Waals surface area contributed by atoms with Crippen LogP contribution in [0.5, 0.6) is 0 Å². The van der Waals surface area contributed by atoms with E-state index in [0.717, 1.165) is 68.8 Å². The average Bonchev–Trinajstić information content (AvgIpc) is 3.31. The maximum Gasteiger partial charge on any atom is 0.433 e. The van der Waals surface area contributed by atoms with Gasteiger partial charge in [0.1, 0.15) is 16.7 Å². The van der Waals surface area contributed by atoms with Crippen molar-refractivity contribution in [3.05, 3.63) is 59.0 Å². The van der Waals surface area contributed by atoms with Crippen LogP contribution in [0.1, 0.15) is 74.6 Å². The van der Waals surface area contributed by atoms with E-state index in [2.05, 4.69) is 29.9 Å². The monoisotopic (exact) mass is 478 g/mol. The number of anilines is 2. The van der Waals surface area contributed by atoms with Crippen molar-refractivity contribution in [2.75, 3.05) is 5.32 Å². The molecule has 2 N–H and O–H groups in total. The molecule has 1 unspecified atom stereocenters. The molecule has 4 nitrogen and oxygen atoms in total. The van der Waals surface area contributed by atoms with Crippen LogP contribution >= 0.6 is 11.6 Å². The van der Waals surface area contributed by atoms with Crippen molar-refractivity contribution < 1.29 is 13.2 Å². The van der Waals surface area contributed by atoms with Crippen LogP contribution in [-0.2, 0) is 6.42 Å². The van der Waals surface area contributed by atoms with Crippen molar-refractivity contribution in [3.8, 4) is 0 Å². The van der Waals surface area contributed by atoms with Gasteiger partial charge in [0, 0.05) is 23.4 Å². The summed E-state index contributed by atoms with van der Waals surface area (Å²) in [6.45, 7) is 6.01. The molecule has 1 atom stereocenters. The first-order chi connectivity index (χ1) is 15.7. The highest BCUT2D eigenvalue weighted by Crippen LogP contribution is 2.35. The van der Waals surface area contributed by atoms with Gasteiger partial charge in [-0.05, 0) is 61.8 Å². The third-order valence-electron chi connectivity index (χ3n) is 6.28. The molecule has 0 aromatic carbocycles. The third kappa shape index (κ3) is 6.79. The normalized spacial score (nSPS) is 15.4. The molecular formula is C25H30ClF3N4. The Kier molecular flexibility index (Phi) is 8.51. The average molecular weight is 479 g/mol. The molecular weight excluding hydrogens is 449 g/mol. The number of pyridine rings is 2. The number of aryl methyl sites for hydroxylation is 1. The van der Waals surface area contributed by atoms with E-state index in [1.54, 1.807) is 0 Å². The molecule has 0 spiro atoms. The predicted octanol–water partition coefficient (Wildman–Crippen LogP) is 8.00. The second-order valence-corrected chi connectivity index (χ2v) is 9.04. The highest BCUT2D eigenvalue weighted by atomic mass is 35.5. The number of hydrogen-bond donors (Lipinski definition) is 2. The van der Waals surface area contributed by atoms with E-state index in [1.807, 2.05) is 12.1 Å². The van der Waals surface area contributed by atoms with E-state index in [1.165, 1.54) is 6.07 Å². The minimum absolute atomic E-state index is 0.0404. The van der Waals surface area contributed by atoms with Gasteiger partial charge >= 0.3 is 6.18 Å². The maximum absolute atomic E-state index is 13.2. The predicted molar refractivity (Wildman–Crippen MR) is 128 cm³/mol. The first-order valence-electron chi connectivity index (χ1n) is 11.4. The Balaban J connectivity index is 1.93. The van der Waals surface area contributed by atoms with Crippen LogP contribution < -0.4 is 5.32 Å². The highest BCUT2D eigenvalue weighted by molar-refractivity contribution is 6.30. The number of alkyl halides is 3. The van der Waals surface area contributed by atoms with Crippen LogP contribution in [0.25, 0.3) is 0 Å². The molecule has 1 aliphatic rings. The molecule has 0 saturated heterocycles. The van der Waals surface area contributed by atoms with Crippen LogP contribution in [0.15, 0.2) is 37.1 Å². The van der Waals surface area contributed by atoms with E-state index in [4.69, 9.17) is 22.0 Å². The highest BCUT2D eigenvalue weighted by Gasteiger charge is 2.37.